The summed E-state index contributed by atoms with van der Waals surface area (Å²) in [6, 6.07) is -1.55. The average molecular weight is 381 g/mol. The highest BCUT2D eigenvalue weighted by Crippen LogP contribution is 2.14. The van der Waals surface area contributed by atoms with Crippen LogP contribution in [0.25, 0.3) is 0 Å². The van der Waals surface area contributed by atoms with Gasteiger partial charge in [-0.15, -0.1) is 0 Å². The van der Waals surface area contributed by atoms with Crippen LogP contribution < -0.4 is 0 Å². The van der Waals surface area contributed by atoms with Crippen LogP contribution in [0, 0.1) is 0 Å². The molecule has 1 unspecified atom stereocenters. The van der Waals surface area contributed by atoms with Gasteiger partial charge in [-0.25, -0.2) is 4.79 Å². The minimum Gasteiger partial charge on any atom is -0.480 e. The highest BCUT2D eigenvalue weighted by Gasteiger charge is 2.36. The van der Waals surface area contributed by atoms with Gasteiger partial charge in [-0.1, -0.05) is 24.3 Å². The number of ether oxygens (including phenoxy) is 1. The maximum absolute atomic E-state index is 12.6. The molecule has 2 amide bonds. The number of esters is 1. The van der Waals surface area contributed by atoms with Crippen molar-refractivity contribution >= 4 is 23.8 Å². The number of rotatable bonds is 13. The van der Waals surface area contributed by atoms with Crippen LogP contribution in [0.5, 0.6) is 0 Å². The third kappa shape index (κ3) is 10.3. The summed E-state index contributed by atoms with van der Waals surface area (Å²) in [5.74, 6) is -3.30. The van der Waals surface area contributed by atoms with E-state index in [2.05, 4.69) is 0 Å². The molecule has 0 aromatic carbocycles. The van der Waals surface area contributed by atoms with Crippen molar-refractivity contribution in [2.24, 2.45) is 0 Å². The average Bonchev–Trinajstić information content (AvgIpc) is 2.62. The van der Waals surface area contributed by atoms with Gasteiger partial charge in [-0.3, -0.25) is 19.3 Å². The molecule has 1 N–H and O–H groups in total. The van der Waals surface area contributed by atoms with Crippen LogP contribution in [-0.4, -0.2) is 46.4 Å². The monoisotopic (exact) mass is 381 g/mol. The fourth-order valence-corrected chi connectivity index (χ4v) is 2.47. The van der Waals surface area contributed by atoms with Crippen LogP contribution in [0.4, 0.5) is 0 Å². The summed E-state index contributed by atoms with van der Waals surface area (Å²) < 4.78 is 4.79. The lowest BCUT2D eigenvalue weighted by Gasteiger charge is -2.27. The lowest BCUT2D eigenvalue weighted by Crippen LogP contribution is -2.49. The quantitative estimate of drug-likeness (QED) is 0.299. The van der Waals surface area contributed by atoms with E-state index in [4.69, 9.17) is 4.74 Å². The Morgan fingerprint density at radius 2 is 1.44 bits per heavy atom. The molecule has 0 saturated carbocycles. The lowest BCUT2D eigenvalue weighted by atomic mass is 10.1. The predicted molar refractivity (Wildman–Crippen MR) is 102 cm³/mol. The van der Waals surface area contributed by atoms with E-state index in [1.54, 1.807) is 6.92 Å². The summed E-state index contributed by atoms with van der Waals surface area (Å²) in [5.41, 5.74) is 0. The van der Waals surface area contributed by atoms with Crippen LogP contribution in [0.1, 0.15) is 65.7 Å². The van der Waals surface area contributed by atoms with Gasteiger partial charge in [-0.05, 0) is 46.5 Å². The van der Waals surface area contributed by atoms with Crippen molar-refractivity contribution in [2.45, 2.75) is 71.8 Å². The molecule has 0 fully saturated rings. The second-order valence-corrected chi connectivity index (χ2v) is 5.94. The Bertz CT molecular complexity index is 523. The fraction of sp³-hybridized carbons (Fsp3) is 0.600. The van der Waals surface area contributed by atoms with Crippen LogP contribution in [0.2, 0.25) is 0 Å². The van der Waals surface area contributed by atoms with Crippen molar-refractivity contribution in [3.63, 3.8) is 0 Å². The highest BCUT2D eigenvalue weighted by atomic mass is 16.5. The second-order valence-electron chi connectivity index (χ2n) is 5.94. The molecule has 0 aliphatic rings. The summed E-state index contributed by atoms with van der Waals surface area (Å²) >= 11 is 0. The van der Waals surface area contributed by atoms with Crippen molar-refractivity contribution in [2.75, 3.05) is 6.61 Å². The first-order valence-electron chi connectivity index (χ1n) is 9.34. The molecule has 0 bridgehead atoms. The second kappa shape index (κ2) is 14.7. The van der Waals surface area contributed by atoms with Gasteiger partial charge in [0.2, 0.25) is 11.8 Å². The standard InChI is InChI=1S/C20H31NO6/c1-4-7-9-11-13-17(22)21(18(23)14-12-10-8-5-2)16(20(25)26)15-19(24)27-6-3/h4-5,7-8,16H,6,9-15H2,1-3H3,(H,25,26)/b7-4+,8-5+. The minimum atomic E-state index is -1.55. The SMILES string of the molecule is C/C=C/CCCC(=O)N(C(=O)CCC/C=C/C)C(CC(=O)OCC)C(=O)O. The first-order chi connectivity index (χ1) is 12.9. The molecular formula is C20H31NO6. The molecular weight excluding hydrogens is 350 g/mol. The zero-order valence-electron chi connectivity index (χ0n) is 16.5. The highest BCUT2D eigenvalue weighted by molar-refractivity contribution is 6.00. The normalized spacial score (nSPS) is 12.3. The molecule has 0 aromatic heterocycles. The number of allylic oxidation sites excluding steroid dienone is 4. The van der Waals surface area contributed by atoms with Crippen molar-refractivity contribution in [1.82, 2.24) is 4.90 Å². The van der Waals surface area contributed by atoms with Gasteiger partial charge in [0.15, 0.2) is 0 Å². The molecule has 0 rings (SSSR count). The van der Waals surface area contributed by atoms with Gasteiger partial charge in [0.05, 0.1) is 13.0 Å². The van der Waals surface area contributed by atoms with Gasteiger partial charge >= 0.3 is 11.9 Å². The zero-order valence-corrected chi connectivity index (χ0v) is 16.5. The number of unbranched alkanes of at least 4 members (excludes halogenated alkanes) is 2. The third-order valence-corrected chi connectivity index (χ3v) is 3.79. The number of hydrogen-bond donors (Lipinski definition) is 1. The molecule has 0 spiro atoms. The number of hydrogen-bond acceptors (Lipinski definition) is 5. The van der Waals surface area contributed by atoms with Crippen LogP contribution in [0.3, 0.4) is 0 Å². The number of carboxylic acids is 1. The fourth-order valence-electron chi connectivity index (χ4n) is 2.47. The van der Waals surface area contributed by atoms with Crippen molar-refractivity contribution in [1.29, 1.82) is 0 Å². The molecule has 27 heavy (non-hydrogen) atoms. The lowest BCUT2D eigenvalue weighted by molar-refractivity contribution is -0.161. The maximum Gasteiger partial charge on any atom is 0.327 e. The van der Waals surface area contributed by atoms with E-state index in [9.17, 15) is 24.3 Å². The third-order valence-electron chi connectivity index (χ3n) is 3.79. The molecule has 0 radical (unpaired) electrons. The Kier molecular flexibility index (Phi) is 13.4. The van der Waals surface area contributed by atoms with Crippen LogP contribution >= 0.6 is 0 Å². The molecule has 152 valence electrons. The smallest absolute Gasteiger partial charge is 0.327 e. The van der Waals surface area contributed by atoms with E-state index >= 15 is 0 Å². The van der Waals surface area contributed by atoms with E-state index < -0.39 is 36.2 Å². The van der Waals surface area contributed by atoms with Gasteiger partial charge in [-0.2, -0.15) is 0 Å². The molecule has 0 aliphatic heterocycles. The summed E-state index contributed by atoms with van der Waals surface area (Å²) in [7, 11) is 0. The molecule has 7 heteroatoms. The number of carbonyl (C=O) groups is 4. The molecule has 0 saturated heterocycles. The largest absolute Gasteiger partial charge is 0.480 e. The van der Waals surface area contributed by atoms with Crippen LogP contribution in [-0.2, 0) is 23.9 Å². The molecule has 0 aromatic rings. The summed E-state index contributed by atoms with van der Waals surface area (Å²) in [6.07, 6.45) is 9.33. The Labute approximate surface area is 161 Å². The van der Waals surface area contributed by atoms with Gasteiger partial charge < -0.3 is 9.84 Å². The van der Waals surface area contributed by atoms with E-state index in [1.165, 1.54) is 0 Å². The Morgan fingerprint density at radius 3 is 1.81 bits per heavy atom. The minimum absolute atomic E-state index is 0.0392. The Balaban J connectivity index is 5.29. The molecule has 0 heterocycles. The Morgan fingerprint density at radius 1 is 0.963 bits per heavy atom. The number of nitrogens with zero attached hydrogens (tertiary/aromatic N) is 1. The predicted octanol–water partition coefficient (Wildman–Crippen LogP) is 3.24. The number of amides is 2. The summed E-state index contributed by atoms with van der Waals surface area (Å²) in [4.78, 5) is 49.3. The van der Waals surface area contributed by atoms with Crippen molar-refractivity contribution in [3.8, 4) is 0 Å². The number of imide groups is 1. The molecule has 7 nitrogen and oxygen atoms in total. The van der Waals surface area contributed by atoms with Crippen molar-refractivity contribution < 1.29 is 29.0 Å². The van der Waals surface area contributed by atoms with Crippen LogP contribution in [0.15, 0.2) is 24.3 Å². The van der Waals surface area contributed by atoms with E-state index in [0.29, 0.717) is 25.7 Å². The van der Waals surface area contributed by atoms with Gasteiger partial charge in [0, 0.05) is 12.8 Å². The van der Waals surface area contributed by atoms with Gasteiger partial charge in [0.25, 0.3) is 0 Å². The number of aliphatic carboxylic acids is 1. The van der Waals surface area contributed by atoms with E-state index in [0.717, 1.165) is 4.90 Å². The maximum atomic E-state index is 12.6. The van der Waals surface area contributed by atoms with Gasteiger partial charge in [0.1, 0.15) is 6.04 Å². The first kappa shape index (κ1) is 24.6. The summed E-state index contributed by atoms with van der Waals surface area (Å²) in [6.45, 7) is 5.43. The summed E-state index contributed by atoms with van der Waals surface area (Å²) in [5, 5.41) is 9.50. The number of carboxylic acid groups (broad SMARTS) is 1. The number of carbonyl (C=O) groups excluding carboxylic acids is 3. The topological polar surface area (TPSA) is 101 Å². The van der Waals surface area contributed by atoms with Crippen molar-refractivity contribution in [3.05, 3.63) is 24.3 Å². The van der Waals surface area contributed by atoms with E-state index in [-0.39, 0.29) is 19.4 Å². The first-order valence-corrected chi connectivity index (χ1v) is 9.34. The molecule has 0 aliphatic carbocycles. The zero-order chi connectivity index (χ0) is 20.7. The molecule has 1 atom stereocenters. The Hall–Kier alpha value is -2.44. The van der Waals surface area contributed by atoms with E-state index in [1.807, 2.05) is 38.2 Å².